The molecule has 0 radical (unpaired) electrons. The largest absolute Gasteiger partial charge is 0.506 e. The summed E-state index contributed by atoms with van der Waals surface area (Å²) in [5.74, 6) is -0.0493. The first-order chi connectivity index (χ1) is 8.35. The monoisotopic (exact) mass is 276 g/mol. The molecule has 18 heavy (non-hydrogen) atoms. The van der Waals surface area contributed by atoms with Crippen LogP contribution in [0.2, 0.25) is 0 Å². The third kappa shape index (κ3) is 4.36. The van der Waals surface area contributed by atoms with Crippen molar-refractivity contribution >= 4 is 7.60 Å². The molecule has 0 aliphatic heterocycles. The molecular formula is C10H17N2O5P. The summed E-state index contributed by atoms with van der Waals surface area (Å²) < 4.78 is 10.6. The van der Waals surface area contributed by atoms with Gasteiger partial charge in [0.1, 0.15) is 5.75 Å². The van der Waals surface area contributed by atoms with Gasteiger partial charge in [-0.2, -0.15) is 0 Å². The standard InChI is InChI=1S/C10H17N2O5P/c1-7-10(14)9(6-13)8(5-12-7)4-11-2-3-18(15,16)17/h5,11,13-14H,2-4,6H2,1H3,(H2,15,16,17). The Bertz CT molecular complexity index is 460. The summed E-state index contributed by atoms with van der Waals surface area (Å²) in [6, 6.07) is 0. The van der Waals surface area contributed by atoms with E-state index in [0.29, 0.717) is 16.8 Å². The molecule has 7 nitrogen and oxygen atoms in total. The molecule has 1 aromatic heterocycles. The zero-order valence-corrected chi connectivity index (χ0v) is 10.9. The van der Waals surface area contributed by atoms with Crippen molar-refractivity contribution < 1.29 is 24.6 Å². The third-order valence-corrected chi connectivity index (χ3v) is 3.29. The normalized spacial score (nSPS) is 11.8. The average molecular weight is 276 g/mol. The fourth-order valence-corrected chi connectivity index (χ4v) is 1.91. The zero-order chi connectivity index (χ0) is 13.8. The number of rotatable bonds is 6. The smallest absolute Gasteiger partial charge is 0.326 e. The van der Waals surface area contributed by atoms with Gasteiger partial charge >= 0.3 is 7.60 Å². The molecule has 0 aliphatic rings. The summed E-state index contributed by atoms with van der Waals surface area (Å²) >= 11 is 0. The highest BCUT2D eigenvalue weighted by atomic mass is 31.2. The van der Waals surface area contributed by atoms with E-state index in [9.17, 15) is 9.67 Å². The first kappa shape index (κ1) is 15.1. The number of pyridine rings is 1. The fourth-order valence-electron chi connectivity index (χ4n) is 1.46. The van der Waals surface area contributed by atoms with Gasteiger partial charge in [0.05, 0.1) is 18.5 Å². The Hall–Kier alpha value is -0.980. The first-order valence-electron chi connectivity index (χ1n) is 5.37. The summed E-state index contributed by atoms with van der Waals surface area (Å²) in [4.78, 5) is 21.3. The topological polar surface area (TPSA) is 123 Å². The highest BCUT2D eigenvalue weighted by Crippen LogP contribution is 2.32. The van der Waals surface area contributed by atoms with E-state index in [1.165, 1.54) is 6.20 Å². The molecule has 0 spiro atoms. The second kappa shape index (κ2) is 6.26. The van der Waals surface area contributed by atoms with Crippen molar-refractivity contribution in [2.45, 2.75) is 20.1 Å². The van der Waals surface area contributed by atoms with Crippen molar-refractivity contribution in [3.63, 3.8) is 0 Å². The van der Waals surface area contributed by atoms with Crippen LogP contribution in [-0.2, 0) is 17.7 Å². The number of aryl methyl sites for hydroxylation is 1. The maximum atomic E-state index is 10.6. The molecule has 8 heteroatoms. The number of aromatic nitrogens is 1. The zero-order valence-electron chi connectivity index (χ0n) is 10.00. The van der Waals surface area contributed by atoms with Gasteiger partial charge in [0.15, 0.2) is 0 Å². The fraction of sp³-hybridized carbons (Fsp3) is 0.500. The predicted octanol–water partition coefficient (Wildman–Crippen LogP) is -0.145. The molecule has 0 unspecified atom stereocenters. The molecule has 102 valence electrons. The lowest BCUT2D eigenvalue weighted by Gasteiger charge is -2.12. The Morgan fingerprint density at radius 2 is 2.11 bits per heavy atom. The Kier molecular flexibility index (Phi) is 5.25. The lowest BCUT2D eigenvalue weighted by Crippen LogP contribution is -2.19. The van der Waals surface area contributed by atoms with Gasteiger partial charge in [0.2, 0.25) is 0 Å². The lowest BCUT2D eigenvalue weighted by molar-refractivity contribution is 0.273. The number of nitrogens with zero attached hydrogens (tertiary/aromatic N) is 1. The van der Waals surface area contributed by atoms with Crippen molar-refractivity contribution in [2.24, 2.45) is 0 Å². The van der Waals surface area contributed by atoms with Crippen LogP contribution in [0.3, 0.4) is 0 Å². The van der Waals surface area contributed by atoms with E-state index in [1.807, 2.05) is 0 Å². The SMILES string of the molecule is Cc1ncc(CNCCP(=O)(O)O)c(CO)c1O. The minimum atomic E-state index is -4.00. The molecule has 0 saturated heterocycles. The average Bonchev–Trinajstić information content (AvgIpc) is 2.28. The quantitative estimate of drug-likeness (QED) is 0.362. The van der Waals surface area contributed by atoms with Gasteiger partial charge in [0.25, 0.3) is 0 Å². The minimum Gasteiger partial charge on any atom is -0.506 e. The second-order valence-corrected chi connectivity index (χ2v) is 5.70. The van der Waals surface area contributed by atoms with Crippen LogP contribution in [0.4, 0.5) is 0 Å². The second-order valence-electron chi connectivity index (χ2n) is 3.92. The predicted molar refractivity (Wildman–Crippen MR) is 65.2 cm³/mol. The van der Waals surface area contributed by atoms with E-state index in [0.717, 1.165) is 0 Å². The van der Waals surface area contributed by atoms with Crippen molar-refractivity contribution in [3.05, 3.63) is 23.0 Å². The number of nitrogens with one attached hydrogen (secondary N) is 1. The van der Waals surface area contributed by atoms with E-state index < -0.39 is 7.60 Å². The van der Waals surface area contributed by atoms with Crippen LogP contribution in [0.25, 0.3) is 0 Å². The Morgan fingerprint density at radius 1 is 1.44 bits per heavy atom. The number of hydrogen-bond acceptors (Lipinski definition) is 5. The Labute approximate surface area is 105 Å². The number of hydrogen-bond donors (Lipinski definition) is 5. The molecule has 0 saturated carbocycles. The molecule has 0 fully saturated rings. The van der Waals surface area contributed by atoms with E-state index in [4.69, 9.17) is 14.9 Å². The first-order valence-corrected chi connectivity index (χ1v) is 7.17. The molecule has 0 aromatic carbocycles. The maximum absolute atomic E-state index is 10.6. The molecule has 0 aliphatic carbocycles. The molecule has 1 heterocycles. The van der Waals surface area contributed by atoms with Crippen LogP contribution in [0.15, 0.2) is 6.20 Å². The van der Waals surface area contributed by atoms with E-state index in [-0.39, 0.29) is 31.6 Å². The molecule has 0 bridgehead atoms. The van der Waals surface area contributed by atoms with Crippen LogP contribution in [0.5, 0.6) is 5.75 Å². The summed E-state index contributed by atoms with van der Waals surface area (Å²) in [7, 11) is -4.00. The van der Waals surface area contributed by atoms with Gasteiger partial charge in [0, 0.05) is 24.8 Å². The summed E-state index contributed by atoms with van der Waals surface area (Å²) in [5.41, 5.74) is 1.41. The van der Waals surface area contributed by atoms with Gasteiger partial charge in [-0.1, -0.05) is 0 Å². The van der Waals surface area contributed by atoms with Crippen molar-refractivity contribution in [1.82, 2.24) is 10.3 Å². The highest BCUT2D eigenvalue weighted by molar-refractivity contribution is 7.51. The molecule has 1 aromatic rings. The van der Waals surface area contributed by atoms with Crippen molar-refractivity contribution in [1.29, 1.82) is 0 Å². The Balaban J connectivity index is 2.63. The van der Waals surface area contributed by atoms with Crippen LogP contribution in [0.1, 0.15) is 16.8 Å². The van der Waals surface area contributed by atoms with Gasteiger partial charge < -0.3 is 25.3 Å². The molecule has 5 N–H and O–H groups in total. The molecular weight excluding hydrogens is 259 g/mol. The van der Waals surface area contributed by atoms with Crippen molar-refractivity contribution in [3.8, 4) is 5.75 Å². The third-order valence-electron chi connectivity index (χ3n) is 2.48. The summed E-state index contributed by atoms with van der Waals surface area (Å²) in [5, 5.41) is 21.7. The summed E-state index contributed by atoms with van der Waals surface area (Å²) in [6.45, 7) is 1.73. The summed E-state index contributed by atoms with van der Waals surface area (Å²) in [6.07, 6.45) is 1.26. The molecule has 0 amide bonds. The van der Waals surface area contributed by atoms with E-state index in [2.05, 4.69) is 10.3 Å². The Morgan fingerprint density at radius 3 is 2.67 bits per heavy atom. The van der Waals surface area contributed by atoms with Gasteiger partial charge in [-0.15, -0.1) is 0 Å². The van der Waals surface area contributed by atoms with Gasteiger partial charge in [-0.3, -0.25) is 9.55 Å². The molecule has 1 rings (SSSR count). The highest BCUT2D eigenvalue weighted by Gasteiger charge is 2.13. The van der Waals surface area contributed by atoms with Crippen LogP contribution < -0.4 is 5.32 Å². The van der Waals surface area contributed by atoms with Crippen LogP contribution >= 0.6 is 7.60 Å². The van der Waals surface area contributed by atoms with E-state index in [1.54, 1.807) is 6.92 Å². The number of aromatic hydroxyl groups is 1. The van der Waals surface area contributed by atoms with Gasteiger partial charge in [-0.25, -0.2) is 0 Å². The molecule has 0 atom stereocenters. The van der Waals surface area contributed by atoms with Crippen LogP contribution in [0, 0.1) is 6.92 Å². The lowest BCUT2D eigenvalue weighted by atomic mass is 10.1. The van der Waals surface area contributed by atoms with E-state index >= 15 is 0 Å². The number of aliphatic hydroxyl groups is 1. The number of aliphatic hydroxyl groups excluding tert-OH is 1. The van der Waals surface area contributed by atoms with Crippen LogP contribution in [-0.4, -0.2) is 37.7 Å². The van der Waals surface area contributed by atoms with Gasteiger partial charge in [-0.05, 0) is 12.5 Å². The maximum Gasteiger partial charge on any atom is 0.326 e. The minimum absolute atomic E-state index is 0.0493. The van der Waals surface area contributed by atoms with Crippen molar-refractivity contribution in [2.75, 3.05) is 12.7 Å².